The lowest BCUT2D eigenvalue weighted by atomic mass is 10.1. The van der Waals surface area contributed by atoms with Crippen molar-refractivity contribution in [2.45, 2.75) is 39.7 Å². The number of amides is 1. The molecular weight excluding hydrogens is 292 g/mol. The van der Waals surface area contributed by atoms with E-state index in [2.05, 4.69) is 12.2 Å². The van der Waals surface area contributed by atoms with Crippen molar-refractivity contribution in [1.29, 1.82) is 0 Å². The van der Waals surface area contributed by atoms with Gasteiger partial charge in [0.1, 0.15) is 0 Å². The van der Waals surface area contributed by atoms with Gasteiger partial charge in [0.15, 0.2) is 6.04 Å². The molecule has 1 unspecified atom stereocenters. The molecule has 0 saturated carbocycles. The van der Waals surface area contributed by atoms with Gasteiger partial charge in [-0.15, -0.1) is 0 Å². The predicted octanol–water partition coefficient (Wildman–Crippen LogP) is 2.74. The van der Waals surface area contributed by atoms with Gasteiger partial charge in [-0.25, -0.2) is 4.79 Å². The van der Waals surface area contributed by atoms with E-state index >= 15 is 0 Å². The lowest BCUT2D eigenvalue weighted by Gasteiger charge is -2.38. The minimum Gasteiger partial charge on any atom is -0.465 e. The molecular formula is C18H27N2O3+. The van der Waals surface area contributed by atoms with E-state index in [1.165, 1.54) is 20.0 Å². The van der Waals surface area contributed by atoms with Crippen LogP contribution in [0.25, 0.3) is 0 Å². The molecule has 1 atom stereocenters. The summed E-state index contributed by atoms with van der Waals surface area (Å²) in [5, 5.41) is 2.97. The minimum absolute atomic E-state index is 0.0341. The Morgan fingerprint density at radius 1 is 1.30 bits per heavy atom. The Bertz CT molecular complexity index is 592. The number of rotatable bonds is 5. The van der Waals surface area contributed by atoms with Gasteiger partial charge in [-0.1, -0.05) is 12.1 Å². The number of benzene rings is 1. The number of likely N-dealkylation sites (N-methyl/N-ethyl adjacent to an activating group) is 1. The molecule has 23 heavy (non-hydrogen) atoms. The van der Waals surface area contributed by atoms with Crippen LogP contribution in [-0.2, 0) is 9.53 Å². The second-order valence-corrected chi connectivity index (χ2v) is 6.34. The number of aryl methyl sites for hydroxylation is 1. The number of para-hydroxylation sites is 1. The number of methoxy groups -OCH3 is 1. The first-order valence-electron chi connectivity index (χ1n) is 8.29. The van der Waals surface area contributed by atoms with Gasteiger partial charge in [-0.2, -0.15) is 0 Å². The van der Waals surface area contributed by atoms with Crippen LogP contribution >= 0.6 is 0 Å². The molecule has 1 saturated heterocycles. The first-order chi connectivity index (χ1) is 10.9. The summed E-state index contributed by atoms with van der Waals surface area (Å²) < 4.78 is 5.65. The number of ether oxygens (including phenoxy) is 1. The Morgan fingerprint density at radius 3 is 2.52 bits per heavy atom. The number of carbonyl (C=O) groups excluding carboxylic acids is 2. The Kier molecular flexibility index (Phi) is 5.42. The average molecular weight is 319 g/mol. The topological polar surface area (TPSA) is 55.4 Å². The van der Waals surface area contributed by atoms with E-state index in [0.29, 0.717) is 11.3 Å². The van der Waals surface area contributed by atoms with Crippen LogP contribution in [0.1, 0.15) is 42.6 Å². The zero-order chi connectivity index (χ0) is 17.0. The van der Waals surface area contributed by atoms with Gasteiger partial charge in [0.05, 0.1) is 38.0 Å². The van der Waals surface area contributed by atoms with Crippen molar-refractivity contribution in [1.82, 2.24) is 0 Å². The van der Waals surface area contributed by atoms with Gasteiger partial charge in [0.2, 0.25) is 0 Å². The maximum Gasteiger partial charge on any atom is 0.339 e. The number of esters is 1. The van der Waals surface area contributed by atoms with Gasteiger partial charge in [0, 0.05) is 12.8 Å². The third-order valence-corrected chi connectivity index (χ3v) is 5.21. The fraction of sp³-hybridized carbons (Fsp3) is 0.556. The Labute approximate surface area is 138 Å². The molecule has 126 valence electrons. The summed E-state index contributed by atoms with van der Waals surface area (Å²) in [6.45, 7) is 9.05. The normalized spacial score (nSPS) is 17.6. The lowest BCUT2D eigenvalue weighted by molar-refractivity contribution is -0.928. The van der Waals surface area contributed by atoms with Gasteiger partial charge in [-0.05, 0) is 32.4 Å². The van der Waals surface area contributed by atoms with Crippen molar-refractivity contribution in [2.75, 3.05) is 32.1 Å². The van der Waals surface area contributed by atoms with Gasteiger partial charge in [-0.3, -0.25) is 4.79 Å². The molecule has 0 aromatic heterocycles. The molecule has 1 aliphatic heterocycles. The monoisotopic (exact) mass is 319 g/mol. The molecule has 0 aliphatic carbocycles. The van der Waals surface area contributed by atoms with Crippen LogP contribution in [0.3, 0.4) is 0 Å². The van der Waals surface area contributed by atoms with Crippen molar-refractivity contribution in [3.63, 3.8) is 0 Å². The number of hydrogen-bond donors (Lipinski definition) is 1. The maximum atomic E-state index is 12.8. The minimum atomic E-state index is -0.433. The third kappa shape index (κ3) is 3.39. The van der Waals surface area contributed by atoms with Gasteiger partial charge >= 0.3 is 5.97 Å². The number of hydrogen-bond acceptors (Lipinski definition) is 3. The molecule has 5 heteroatoms. The molecule has 1 N–H and O–H groups in total. The van der Waals surface area contributed by atoms with E-state index < -0.39 is 5.97 Å². The quantitative estimate of drug-likeness (QED) is 0.671. The van der Waals surface area contributed by atoms with E-state index in [9.17, 15) is 9.59 Å². The Morgan fingerprint density at radius 2 is 1.96 bits per heavy atom. The molecule has 1 heterocycles. The summed E-state index contributed by atoms with van der Waals surface area (Å²) >= 11 is 0. The van der Waals surface area contributed by atoms with E-state index in [4.69, 9.17) is 4.74 Å². The molecule has 1 aromatic carbocycles. The van der Waals surface area contributed by atoms with Crippen LogP contribution in [0.2, 0.25) is 0 Å². The van der Waals surface area contributed by atoms with Crippen molar-refractivity contribution >= 4 is 17.6 Å². The van der Waals surface area contributed by atoms with Crippen molar-refractivity contribution in [2.24, 2.45) is 0 Å². The number of quaternary nitrogens is 1. The van der Waals surface area contributed by atoms with Gasteiger partial charge < -0.3 is 14.5 Å². The fourth-order valence-corrected chi connectivity index (χ4v) is 3.53. The molecule has 1 aliphatic rings. The van der Waals surface area contributed by atoms with Crippen molar-refractivity contribution in [3.8, 4) is 0 Å². The molecule has 2 rings (SSSR count). The SMILES string of the molecule is CC[N+]1(C(C)C(=O)Nc2c(C)cccc2C(=O)OC)CCCC1. The smallest absolute Gasteiger partial charge is 0.339 e. The molecule has 1 amide bonds. The van der Waals surface area contributed by atoms with Gasteiger partial charge in [0.25, 0.3) is 5.91 Å². The molecule has 1 fully saturated rings. The predicted molar refractivity (Wildman–Crippen MR) is 90.4 cm³/mol. The molecule has 0 spiro atoms. The van der Waals surface area contributed by atoms with Crippen LogP contribution in [-0.4, -0.2) is 49.1 Å². The Balaban J connectivity index is 2.25. The maximum absolute atomic E-state index is 12.8. The summed E-state index contributed by atoms with van der Waals surface area (Å²) in [5.74, 6) is -0.467. The summed E-state index contributed by atoms with van der Waals surface area (Å²) in [6.07, 6.45) is 2.34. The average Bonchev–Trinajstić information content (AvgIpc) is 3.05. The highest BCUT2D eigenvalue weighted by atomic mass is 16.5. The lowest BCUT2D eigenvalue weighted by Crippen LogP contribution is -2.56. The highest BCUT2D eigenvalue weighted by Crippen LogP contribution is 2.26. The van der Waals surface area contributed by atoms with Crippen molar-refractivity contribution < 1.29 is 18.8 Å². The Hall–Kier alpha value is -1.88. The van der Waals surface area contributed by atoms with Crippen LogP contribution in [0, 0.1) is 6.92 Å². The second-order valence-electron chi connectivity index (χ2n) is 6.34. The van der Waals surface area contributed by atoms with E-state index in [1.807, 2.05) is 19.9 Å². The van der Waals surface area contributed by atoms with Crippen LogP contribution in [0.15, 0.2) is 18.2 Å². The van der Waals surface area contributed by atoms with E-state index in [1.54, 1.807) is 12.1 Å². The highest BCUT2D eigenvalue weighted by Gasteiger charge is 2.40. The number of likely N-dealkylation sites (tertiary alicyclic amines) is 1. The first kappa shape index (κ1) is 17.5. The summed E-state index contributed by atoms with van der Waals surface area (Å²) in [4.78, 5) is 24.7. The zero-order valence-corrected chi connectivity index (χ0v) is 14.5. The summed E-state index contributed by atoms with van der Waals surface area (Å²) in [5.41, 5.74) is 1.82. The standard InChI is InChI=1S/C18H26N2O3/c1-5-20(11-6-7-12-20)14(3)17(21)19-16-13(2)9-8-10-15(16)18(22)23-4/h8-10,14H,5-7,11-12H2,1-4H3/p+1. The molecule has 1 aromatic rings. The number of nitrogens with one attached hydrogen (secondary N) is 1. The second kappa shape index (κ2) is 7.13. The van der Waals surface area contributed by atoms with Crippen molar-refractivity contribution in [3.05, 3.63) is 29.3 Å². The number of anilines is 1. The summed E-state index contributed by atoms with van der Waals surface area (Å²) in [6, 6.07) is 5.22. The fourth-order valence-electron chi connectivity index (χ4n) is 3.53. The molecule has 0 bridgehead atoms. The number of nitrogens with zero attached hydrogens (tertiary/aromatic N) is 1. The third-order valence-electron chi connectivity index (χ3n) is 5.21. The van der Waals surface area contributed by atoms with Crippen LogP contribution in [0.5, 0.6) is 0 Å². The summed E-state index contributed by atoms with van der Waals surface area (Å²) in [7, 11) is 1.35. The highest BCUT2D eigenvalue weighted by molar-refractivity contribution is 6.03. The first-order valence-corrected chi connectivity index (χ1v) is 8.29. The van der Waals surface area contributed by atoms with E-state index in [-0.39, 0.29) is 11.9 Å². The van der Waals surface area contributed by atoms with E-state index in [0.717, 1.165) is 29.7 Å². The molecule has 0 radical (unpaired) electrons. The van der Waals surface area contributed by atoms with Crippen LogP contribution in [0.4, 0.5) is 5.69 Å². The zero-order valence-electron chi connectivity index (χ0n) is 14.5. The molecule has 5 nitrogen and oxygen atoms in total. The van der Waals surface area contributed by atoms with Crippen LogP contribution < -0.4 is 5.32 Å². The number of carbonyl (C=O) groups is 2. The largest absolute Gasteiger partial charge is 0.465 e.